The molecule has 0 aliphatic rings. The maximum Gasteiger partial charge on any atom is 0.306 e. The highest BCUT2D eigenvalue weighted by molar-refractivity contribution is 5.71. The smallest absolute Gasteiger partial charge is 0.306 e. The van der Waals surface area contributed by atoms with Gasteiger partial charge in [0.15, 0.2) is 6.10 Å². The molecule has 0 fully saturated rings. The Labute approximate surface area is 465 Å². The van der Waals surface area contributed by atoms with Crippen molar-refractivity contribution in [2.45, 2.75) is 322 Å². The summed E-state index contributed by atoms with van der Waals surface area (Å²) in [5.74, 6) is -0.980. The molecule has 432 valence electrons. The van der Waals surface area contributed by atoms with Crippen LogP contribution in [0, 0.1) is 0 Å². The molecule has 0 saturated heterocycles. The zero-order chi connectivity index (χ0) is 54.3. The molecule has 0 spiro atoms. The van der Waals surface area contributed by atoms with Crippen LogP contribution in [-0.4, -0.2) is 37.2 Å². The normalized spacial score (nSPS) is 12.6. The van der Waals surface area contributed by atoms with Crippen molar-refractivity contribution in [3.63, 3.8) is 0 Å². The Balaban J connectivity index is 4.46. The van der Waals surface area contributed by atoms with Gasteiger partial charge in [0.05, 0.1) is 0 Å². The van der Waals surface area contributed by atoms with Crippen molar-refractivity contribution in [3.05, 3.63) is 85.1 Å². The Kier molecular flexibility index (Phi) is 60.3. The summed E-state index contributed by atoms with van der Waals surface area (Å²) in [6, 6.07) is 0. The van der Waals surface area contributed by atoms with E-state index in [1.807, 2.05) is 6.08 Å². The van der Waals surface area contributed by atoms with Crippen molar-refractivity contribution in [1.82, 2.24) is 0 Å². The van der Waals surface area contributed by atoms with Gasteiger partial charge < -0.3 is 14.2 Å². The SMILES string of the molecule is CC/C=C\C/C=C\C/C=C\C/C=C\C/C=C\C/C=C\CCC(=O)OC(COC(=O)CCCCCCCCC/C=C\CCCCCCCCC)COC(=O)CCCCCCCCCCCCCCCCCCCCCC. The standard InChI is InChI=1S/C69H120O6/c1-4-7-10-13-16-19-22-25-28-31-34-36-38-41-44-47-50-53-56-59-62-68(71)74-65-66(64-73-67(70)61-58-55-52-49-46-43-40-37-33-30-27-24-21-18-15-12-9-6-3)75-69(72)63-60-57-54-51-48-45-42-39-35-32-29-26-23-20-17-14-11-8-5-2/h8,11,17,20,26,29-30,33,35,39,45,48,54,57,66H,4-7,9-10,12-16,18-19,21-25,27-28,31-32,34,36-38,40-44,46-47,49-53,55-56,58-65H2,1-3H3/b11-8-,20-17-,29-26-,33-30-,39-35-,48-45-,57-54-. The maximum atomic E-state index is 12.9. The third kappa shape index (κ3) is 61.3. The van der Waals surface area contributed by atoms with Crippen molar-refractivity contribution < 1.29 is 28.6 Å². The van der Waals surface area contributed by atoms with Crippen molar-refractivity contribution in [2.24, 2.45) is 0 Å². The summed E-state index contributed by atoms with van der Waals surface area (Å²) in [6.45, 7) is 6.50. The second kappa shape index (κ2) is 63.1. The predicted octanol–water partition coefficient (Wildman–Crippen LogP) is 21.9. The molecule has 0 heterocycles. The van der Waals surface area contributed by atoms with Gasteiger partial charge >= 0.3 is 17.9 Å². The van der Waals surface area contributed by atoms with Gasteiger partial charge in [-0.15, -0.1) is 0 Å². The van der Waals surface area contributed by atoms with Gasteiger partial charge in [-0.05, 0) is 83.5 Å². The second-order valence-corrected chi connectivity index (χ2v) is 21.3. The minimum absolute atomic E-state index is 0.105. The lowest BCUT2D eigenvalue weighted by Crippen LogP contribution is -2.30. The lowest BCUT2D eigenvalue weighted by atomic mass is 10.0. The fourth-order valence-corrected chi connectivity index (χ4v) is 9.11. The summed E-state index contributed by atoms with van der Waals surface area (Å²) in [4.78, 5) is 38.3. The van der Waals surface area contributed by atoms with E-state index in [-0.39, 0.29) is 37.5 Å². The lowest BCUT2D eigenvalue weighted by Gasteiger charge is -2.18. The molecule has 1 atom stereocenters. The van der Waals surface area contributed by atoms with Crippen LogP contribution in [0.4, 0.5) is 0 Å². The van der Waals surface area contributed by atoms with Crippen LogP contribution >= 0.6 is 0 Å². The average Bonchev–Trinajstić information content (AvgIpc) is 3.41. The third-order valence-corrected chi connectivity index (χ3v) is 13.9. The van der Waals surface area contributed by atoms with E-state index in [9.17, 15) is 14.4 Å². The summed E-state index contributed by atoms with van der Waals surface area (Å²) in [5.41, 5.74) is 0. The van der Waals surface area contributed by atoms with E-state index in [0.717, 1.165) is 77.0 Å². The lowest BCUT2D eigenvalue weighted by molar-refractivity contribution is -0.166. The van der Waals surface area contributed by atoms with Gasteiger partial charge in [0, 0.05) is 19.3 Å². The molecule has 0 aliphatic carbocycles. The monoisotopic (exact) mass is 1040 g/mol. The number of unbranched alkanes of at least 4 members (excludes halogenated alkanes) is 33. The largest absolute Gasteiger partial charge is 0.462 e. The number of rotatable bonds is 58. The highest BCUT2D eigenvalue weighted by Crippen LogP contribution is 2.17. The van der Waals surface area contributed by atoms with Gasteiger partial charge in [0.25, 0.3) is 0 Å². The van der Waals surface area contributed by atoms with Gasteiger partial charge in [0.2, 0.25) is 0 Å². The molecular weight excluding hydrogens is 925 g/mol. The number of carbonyl (C=O) groups is 3. The first-order valence-corrected chi connectivity index (χ1v) is 32.1. The van der Waals surface area contributed by atoms with Crippen LogP contribution in [0.15, 0.2) is 85.1 Å². The number of esters is 3. The fourth-order valence-electron chi connectivity index (χ4n) is 9.11. The quantitative estimate of drug-likeness (QED) is 0.0261. The predicted molar refractivity (Wildman–Crippen MR) is 325 cm³/mol. The molecule has 0 saturated carbocycles. The Hall–Kier alpha value is -3.41. The summed E-state index contributed by atoms with van der Waals surface area (Å²) < 4.78 is 16.9. The Morgan fingerprint density at radius 3 is 0.867 bits per heavy atom. The maximum absolute atomic E-state index is 12.9. The average molecular weight is 1050 g/mol. The fraction of sp³-hybridized carbons (Fsp3) is 0.754. The molecule has 6 nitrogen and oxygen atoms in total. The van der Waals surface area contributed by atoms with Crippen LogP contribution in [0.5, 0.6) is 0 Å². The van der Waals surface area contributed by atoms with Gasteiger partial charge in [-0.3, -0.25) is 14.4 Å². The summed E-state index contributed by atoms with van der Waals surface area (Å²) in [7, 11) is 0. The molecule has 0 aliphatic heterocycles. The van der Waals surface area contributed by atoms with E-state index in [4.69, 9.17) is 14.2 Å². The molecule has 0 amide bonds. The number of allylic oxidation sites excluding steroid dienone is 14. The van der Waals surface area contributed by atoms with E-state index in [1.165, 1.54) is 193 Å². The van der Waals surface area contributed by atoms with Gasteiger partial charge in [-0.25, -0.2) is 0 Å². The number of ether oxygens (including phenoxy) is 3. The van der Waals surface area contributed by atoms with Crippen LogP contribution in [-0.2, 0) is 28.6 Å². The van der Waals surface area contributed by atoms with E-state index in [2.05, 4.69) is 99.8 Å². The Morgan fingerprint density at radius 1 is 0.280 bits per heavy atom. The second-order valence-electron chi connectivity index (χ2n) is 21.3. The van der Waals surface area contributed by atoms with E-state index >= 15 is 0 Å². The molecule has 0 radical (unpaired) electrons. The van der Waals surface area contributed by atoms with E-state index in [0.29, 0.717) is 19.3 Å². The number of carbonyl (C=O) groups excluding carboxylic acids is 3. The first kappa shape index (κ1) is 71.6. The molecule has 75 heavy (non-hydrogen) atoms. The van der Waals surface area contributed by atoms with E-state index < -0.39 is 6.10 Å². The number of hydrogen-bond acceptors (Lipinski definition) is 6. The van der Waals surface area contributed by atoms with Gasteiger partial charge in [-0.2, -0.15) is 0 Å². The molecule has 6 heteroatoms. The first-order chi connectivity index (χ1) is 37.0. The molecule has 0 aromatic heterocycles. The molecule has 1 unspecified atom stereocenters. The first-order valence-electron chi connectivity index (χ1n) is 32.1. The van der Waals surface area contributed by atoms with Crippen LogP contribution in [0.25, 0.3) is 0 Å². The molecule has 0 N–H and O–H groups in total. The van der Waals surface area contributed by atoms with Gasteiger partial charge in [0.1, 0.15) is 13.2 Å². The summed E-state index contributed by atoms with van der Waals surface area (Å²) >= 11 is 0. The Bertz CT molecular complexity index is 1430. The third-order valence-electron chi connectivity index (χ3n) is 13.9. The van der Waals surface area contributed by atoms with Crippen molar-refractivity contribution >= 4 is 17.9 Å². The topological polar surface area (TPSA) is 78.9 Å². The van der Waals surface area contributed by atoms with Gasteiger partial charge in [-0.1, -0.05) is 298 Å². The van der Waals surface area contributed by atoms with Crippen LogP contribution < -0.4 is 0 Å². The highest BCUT2D eigenvalue weighted by atomic mass is 16.6. The zero-order valence-corrected chi connectivity index (χ0v) is 49.6. The highest BCUT2D eigenvalue weighted by Gasteiger charge is 2.19. The summed E-state index contributed by atoms with van der Waals surface area (Å²) in [5, 5.41) is 0. The molecule has 0 aromatic rings. The molecule has 0 aromatic carbocycles. The number of hydrogen-bond donors (Lipinski definition) is 0. The summed E-state index contributed by atoms with van der Waals surface area (Å²) in [6.07, 6.45) is 83.2. The minimum atomic E-state index is -0.819. The zero-order valence-electron chi connectivity index (χ0n) is 49.6. The van der Waals surface area contributed by atoms with Crippen LogP contribution in [0.2, 0.25) is 0 Å². The van der Waals surface area contributed by atoms with E-state index in [1.54, 1.807) is 0 Å². The molecule has 0 rings (SSSR count). The van der Waals surface area contributed by atoms with Crippen molar-refractivity contribution in [2.75, 3.05) is 13.2 Å². The van der Waals surface area contributed by atoms with Crippen molar-refractivity contribution in [3.8, 4) is 0 Å². The Morgan fingerprint density at radius 2 is 0.547 bits per heavy atom. The minimum Gasteiger partial charge on any atom is -0.462 e. The molecule has 0 bridgehead atoms. The van der Waals surface area contributed by atoms with Crippen molar-refractivity contribution in [1.29, 1.82) is 0 Å². The molecular formula is C69H120O6. The van der Waals surface area contributed by atoms with Crippen LogP contribution in [0.3, 0.4) is 0 Å². The van der Waals surface area contributed by atoms with Crippen LogP contribution in [0.1, 0.15) is 316 Å².